The molecule has 2 aromatic rings. The van der Waals surface area contributed by atoms with Crippen molar-refractivity contribution >= 4 is 0 Å². The lowest BCUT2D eigenvalue weighted by molar-refractivity contribution is -0.0610. The fourth-order valence-electron chi connectivity index (χ4n) is 3.28. The molecule has 158 valence electrons. The molecule has 0 aromatic heterocycles. The van der Waals surface area contributed by atoms with Crippen LogP contribution in [-0.4, -0.2) is 49.3 Å². The maximum Gasteiger partial charge on any atom is 0.203 e. The number of methoxy groups -OCH3 is 6. The smallest absolute Gasteiger partial charge is 0.203 e. The molecule has 2 aromatic carbocycles. The molecule has 0 bridgehead atoms. The van der Waals surface area contributed by atoms with Crippen LogP contribution in [0.1, 0.15) is 23.5 Å². The molecule has 0 spiro atoms. The van der Waals surface area contributed by atoms with E-state index in [0.29, 0.717) is 41.1 Å². The lowest BCUT2D eigenvalue weighted by atomic mass is 10.1. The van der Waals surface area contributed by atoms with Crippen LogP contribution in [0.4, 0.5) is 0 Å². The van der Waals surface area contributed by atoms with E-state index in [-0.39, 0.29) is 6.10 Å². The molecular formula is C21H26O8. The average Bonchev–Trinajstić information content (AvgIpc) is 3.27. The summed E-state index contributed by atoms with van der Waals surface area (Å²) in [6.45, 7) is 0.361. The average molecular weight is 406 g/mol. The Morgan fingerprint density at radius 3 is 1.41 bits per heavy atom. The van der Waals surface area contributed by atoms with Crippen LogP contribution in [-0.2, 0) is 9.47 Å². The normalized spacial score (nSPS) is 18.3. The molecule has 0 saturated carbocycles. The first-order chi connectivity index (χ1) is 14.1. The fourth-order valence-corrected chi connectivity index (χ4v) is 3.28. The quantitative estimate of drug-likeness (QED) is 0.659. The van der Waals surface area contributed by atoms with Gasteiger partial charge in [0.25, 0.3) is 0 Å². The monoisotopic (exact) mass is 406 g/mol. The van der Waals surface area contributed by atoms with Gasteiger partial charge in [0.05, 0.1) is 49.3 Å². The molecule has 8 nitrogen and oxygen atoms in total. The van der Waals surface area contributed by atoms with Gasteiger partial charge in [0, 0.05) is 5.56 Å². The molecule has 3 rings (SSSR count). The maximum absolute atomic E-state index is 6.15. The van der Waals surface area contributed by atoms with E-state index in [4.69, 9.17) is 37.9 Å². The van der Waals surface area contributed by atoms with E-state index < -0.39 is 6.29 Å². The van der Waals surface area contributed by atoms with Crippen molar-refractivity contribution in [3.63, 3.8) is 0 Å². The van der Waals surface area contributed by atoms with Gasteiger partial charge in [-0.25, -0.2) is 0 Å². The number of rotatable bonds is 8. The molecule has 1 aliphatic heterocycles. The van der Waals surface area contributed by atoms with Gasteiger partial charge in [-0.2, -0.15) is 0 Å². The van der Waals surface area contributed by atoms with Gasteiger partial charge in [0.1, 0.15) is 6.10 Å². The number of hydrogen-bond donors (Lipinski definition) is 0. The van der Waals surface area contributed by atoms with Crippen LogP contribution < -0.4 is 28.4 Å². The highest BCUT2D eigenvalue weighted by molar-refractivity contribution is 5.55. The molecule has 1 fully saturated rings. The Balaban J connectivity index is 1.89. The standard InChI is InChI=1S/C21H26O8/c1-22-14-7-12(8-15(23-2)19(14)26-5)18-11-28-21(29-18)13-9-16(24-3)20(27-6)17(10-13)25-4/h7-10,18,21H,11H2,1-6H3/t18-,21-/m0/s1. The van der Waals surface area contributed by atoms with E-state index in [9.17, 15) is 0 Å². The molecule has 0 aliphatic carbocycles. The highest BCUT2D eigenvalue weighted by Crippen LogP contribution is 2.45. The third-order valence-electron chi connectivity index (χ3n) is 4.70. The summed E-state index contributed by atoms with van der Waals surface area (Å²) in [7, 11) is 9.41. The van der Waals surface area contributed by atoms with Gasteiger partial charge < -0.3 is 37.9 Å². The van der Waals surface area contributed by atoms with Crippen LogP contribution in [0.3, 0.4) is 0 Å². The van der Waals surface area contributed by atoms with Crippen molar-refractivity contribution in [1.29, 1.82) is 0 Å². The molecule has 1 aliphatic rings. The molecule has 0 unspecified atom stereocenters. The fraction of sp³-hybridized carbons (Fsp3) is 0.429. The number of benzene rings is 2. The van der Waals surface area contributed by atoms with E-state index in [1.165, 1.54) is 0 Å². The second-order valence-electron chi connectivity index (χ2n) is 6.21. The molecule has 8 heteroatoms. The SMILES string of the molecule is COc1cc([C@H]2OC[C@@H](c3cc(OC)c(OC)c(OC)c3)O2)cc(OC)c1OC. The predicted molar refractivity (Wildman–Crippen MR) is 105 cm³/mol. The highest BCUT2D eigenvalue weighted by Gasteiger charge is 2.31. The minimum atomic E-state index is -0.590. The van der Waals surface area contributed by atoms with E-state index >= 15 is 0 Å². The zero-order valence-corrected chi connectivity index (χ0v) is 17.4. The Hall–Kier alpha value is -2.84. The van der Waals surface area contributed by atoms with Crippen LogP contribution >= 0.6 is 0 Å². The molecule has 0 amide bonds. The lowest BCUT2D eigenvalue weighted by Gasteiger charge is -2.18. The third kappa shape index (κ3) is 3.99. The molecule has 29 heavy (non-hydrogen) atoms. The molecule has 1 saturated heterocycles. The Morgan fingerprint density at radius 2 is 1.03 bits per heavy atom. The summed E-state index contributed by atoms with van der Waals surface area (Å²) in [6.07, 6.45) is -0.902. The molecular weight excluding hydrogens is 380 g/mol. The van der Waals surface area contributed by atoms with Crippen LogP contribution in [0.5, 0.6) is 34.5 Å². The zero-order valence-electron chi connectivity index (χ0n) is 17.4. The van der Waals surface area contributed by atoms with Gasteiger partial charge in [-0.1, -0.05) is 0 Å². The summed E-state index contributed by atoms with van der Waals surface area (Å²) in [5.74, 6) is 3.22. The summed E-state index contributed by atoms with van der Waals surface area (Å²) in [6, 6.07) is 7.33. The first-order valence-corrected chi connectivity index (χ1v) is 8.97. The highest BCUT2D eigenvalue weighted by atomic mass is 16.7. The lowest BCUT2D eigenvalue weighted by Crippen LogP contribution is -2.04. The first-order valence-electron chi connectivity index (χ1n) is 8.97. The van der Waals surface area contributed by atoms with Crippen molar-refractivity contribution in [3.8, 4) is 34.5 Å². The second-order valence-corrected chi connectivity index (χ2v) is 6.21. The maximum atomic E-state index is 6.15. The van der Waals surface area contributed by atoms with Crippen LogP contribution in [0, 0.1) is 0 Å². The van der Waals surface area contributed by atoms with Crippen molar-refractivity contribution in [1.82, 2.24) is 0 Å². The zero-order chi connectivity index (χ0) is 21.0. The van der Waals surface area contributed by atoms with Crippen LogP contribution in [0.15, 0.2) is 24.3 Å². The van der Waals surface area contributed by atoms with Gasteiger partial charge in [-0.05, 0) is 29.8 Å². The molecule has 2 atom stereocenters. The first kappa shape index (κ1) is 20.9. The molecule has 1 heterocycles. The molecule has 0 N–H and O–H groups in total. The summed E-state index contributed by atoms with van der Waals surface area (Å²) < 4.78 is 44.5. The van der Waals surface area contributed by atoms with Gasteiger partial charge in [-0.15, -0.1) is 0 Å². The van der Waals surface area contributed by atoms with Gasteiger partial charge >= 0.3 is 0 Å². The summed E-state index contributed by atoms with van der Waals surface area (Å²) >= 11 is 0. The Labute approximate surface area is 170 Å². The number of hydrogen-bond acceptors (Lipinski definition) is 8. The Bertz CT molecular complexity index is 731. The van der Waals surface area contributed by atoms with Crippen LogP contribution in [0.2, 0.25) is 0 Å². The second kappa shape index (κ2) is 9.11. The predicted octanol–water partition coefficient (Wildman–Crippen LogP) is 3.52. The van der Waals surface area contributed by atoms with Crippen molar-refractivity contribution in [3.05, 3.63) is 35.4 Å². The van der Waals surface area contributed by atoms with E-state index in [1.807, 2.05) is 24.3 Å². The number of ether oxygens (including phenoxy) is 8. The van der Waals surface area contributed by atoms with E-state index in [2.05, 4.69) is 0 Å². The van der Waals surface area contributed by atoms with Gasteiger partial charge in [-0.3, -0.25) is 0 Å². The van der Waals surface area contributed by atoms with Gasteiger partial charge in [0.2, 0.25) is 11.5 Å². The van der Waals surface area contributed by atoms with Crippen molar-refractivity contribution in [2.24, 2.45) is 0 Å². The van der Waals surface area contributed by atoms with Crippen molar-refractivity contribution in [2.75, 3.05) is 49.3 Å². The third-order valence-corrected chi connectivity index (χ3v) is 4.70. The summed E-state index contributed by atoms with van der Waals surface area (Å²) in [5, 5.41) is 0. The minimum Gasteiger partial charge on any atom is -0.493 e. The van der Waals surface area contributed by atoms with E-state index in [1.54, 1.807) is 42.7 Å². The topological polar surface area (TPSA) is 73.8 Å². The van der Waals surface area contributed by atoms with Crippen molar-refractivity contribution < 1.29 is 37.9 Å². The van der Waals surface area contributed by atoms with Crippen LogP contribution in [0.25, 0.3) is 0 Å². The Kier molecular flexibility index (Phi) is 6.56. The minimum absolute atomic E-state index is 0.312. The largest absolute Gasteiger partial charge is 0.493 e. The summed E-state index contributed by atoms with van der Waals surface area (Å²) in [4.78, 5) is 0. The van der Waals surface area contributed by atoms with Crippen molar-refractivity contribution in [2.45, 2.75) is 12.4 Å². The van der Waals surface area contributed by atoms with E-state index in [0.717, 1.165) is 11.1 Å². The molecule has 0 radical (unpaired) electrons. The summed E-state index contributed by atoms with van der Waals surface area (Å²) in [5.41, 5.74) is 1.61. The Morgan fingerprint density at radius 1 is 0.621 bits per heavy atom. The van der Waals surface area contributed by atoms with Gasteiger partial charge in [0.15, 0.2) is 29.3 Å².